The third kappa shape index (κ3) is 3.71. The van der Waals surface area contributed by atoms with Crippen LogP contribution in [0.1, 0.15) is 28.3 Å². The summed E-state index contributed by atoms with van der Waals surface area (Å²) in [5.41, 5.74) is 8.51. The van der Waals surface area contributed by atoms with Gasteiger partial charge in [-0.1, -0.05) is 18.2 Å². The Bertz CT molecular complexity index is 1250. The molecule has 0 aliphatic carbocycles. The van der Waals surface area contributed by atoms with Crippen LogP contribution in [0.4, 0.5) is 0 Å². The molecule has 0 spiro atoms. The number of hydrogen-bond donors (Lipinski definition) is 1. The van der Waals surface area contributed by atoms with Crippen molar-refractivity contribution in [2.75, 3.05) is 14.2 Å². The third-order valence-corrected chi connectivity index (χ3v) is 5.49. The molecule has 0 amide bonds. The van der Waals surface area contributed by atoms with E-state index in [0.717, 1.165) is 5.56 Å². The lowest BCUT2D eigenvalue weighted by Gasteiger charge is -2.29. The number of carbonyl (C=O) groups is 1. The van der Waals surface area contributed by atoms with Crippen molar-refractivity contribution in [2.45, 2.75) is 19.4 Å². The fourth-order valence-electron chi connectivity index (χ4n) is 3.90. The summed E-state index contributed by atoms with van der Waals surface area (Å²) in [5.74, 6) is -0.538. The lowest BCUT2D eigenvalue weighted by Crippen LogP contribution is -2.35. The monoisotopic (exact) mass is 433 g/mol. The number of benzene rings is 1. The van der Waals surface area contributed by atoms with Gasteiger partial charge in [0.25, 0.3) is 5.56 Å². The van der Waals surface area contributed by atoms with Crippen LogP contribution in [0.15, 0.2) is 71.1 Å². The Morgan fingerprint density at radius 2 is 1.97 bits per heavy atom. The zero-order valence-corrected chi connectivity index (χ0v) is 18.0. The number of nitrogens with two attached hydrogens (primary N) is 1. The van der Waals surface area contributed by atoms with Gasteiger partial charge in [0.2, 0.25) is 5.88 Å². The van der Waals surface area contributed by atoms with E-state index in [9.17, 15) is 9.59 Å². The fourth-order valence-corrected chi connectivity index (χ4v) is 3.90. The summed E-state index contributed by atoms with van der Waals surface area (Å²) in [5, 5.41) is 0. The van der Waals surface area contributed by atoms with Crippen LogP contribution in [0.5, 0.6) is 11.5 Å². The van der Waals surface area contributed by atoms with Gasteiger partial charge in [-0.05, 0) is 36.2 Å². The third-order valence-electron chi connectivity index (χ3n) is 5.49. The van der Waals surface area contributed by atoms with Gasteiger partial charge < -0.3 is 24.5 Å². The van der Waals surface area contributed by atoms with Crippen molar-refractivity contribution in [2.24, 2.45) is 5.73 Å². The first-order valence-corrected chi connectivity index (χ1v) is 9.97. The highest BCUT2D eigenvalue weighted by Crippen LogP contribution is 2.41. The first-order chi connectivity index (χ1) is 15.4. The zero-order valence-electron chi connectivity index (χ0n) is 18.0. The number of hydrogen-bond acceptors (Lipinski definition) is 7. The molecular weight excluding hydrogens is 410 g/mol. The summed E-state index contributed by atoms with van der Waals surface area (Å²) in [4.78, 5) is 30.5. The summed E-state index contributed by atoms with van der Waals surface area (Å²) < 4.78 is 17.6. The van der Waals surface area contributed by atoms with Gasteiger partial charge in [0, 0.05) is 24.2 Å². The number of esters is 1. The van der Waals surface area contributed by atoms with E-state index in [1.54, 1.807) is 54.4 Å². The quantitative estimate of drug-likeness (QED) is 0.616. The van der Waals surface area contributed by atoms with Gasteiger partial charge in [0.05, 0.1) is 32.2 Å². The molecule has 2 aromatic heterocycles. The highest BCUT2D eigenvalue weighted by molar-refractivity contribution is 5.92. The fraction of sp³-hybridized carbons (Fsp3) is 0.208. The number of aryl methyl sites for hydroxylation is 1. The van der Waals surface area contributed by atoms with Gasteiger partial charge in [-0.2, -0.15) is 0 Å². The molecule has 3 aromatic rings. The van der Waals surface area contributed by atoms with Crippen LogP contribution in [0.2, 0.25) is 0 Å². The summed E-state index contributed by atoms with van der Waals surface area (Å²) in [7, 11) is 2.83. The maximum Gasteiger partial charge on any atom is 0.340 e. The maximum absolute atomic E-state index is 13.7. The van der Waals surface area contributed by atoms with Crippen molar-refractivity contribution >= 4 is 5.97 Å². The average molecular weight is 433 g/mol. The topological polar surface area (TPSA) is 106 Å². The second-order valence-corrected chi connectivity index (χ2v) is 7.39. The van der Waals surface area contributed by atoms with Crippen molar-refractivity contribution in [3.8, 4) is 11.5 Å². The molecule has 1 aromatic carbocycles. The summed E-state index contributed by atoms with van der Waals surface area (Å²) in [6, 6.07) is 12.6. The van der Waals surface area contributed by atoms with Crippen LogP contribution in [-0.4, -0.2) is 29.7 Å². The molecule has 4 rings (SSSR count). The predicted octanol–water partition coefficient (Wildman–Crippen LogP) is 2.48. The molecule has 0 saturated carbocycles. The summed E-state index contributed by atoms with van der Waals surface area (Å²) in [6.45, 7) is 2.15. The molecule has 2 N–H and O–H groups in total. The molecule has 1 aliphatic rings. The molecule has 3 heterocycles. The molecule has 164 valence electrons. The minimum atomic E-state index is -0.759. The maximum atomic E-state index is 13.7. The standard InChI is InChI=1S/C24H23N3O5/c1-14-11-18-20(23(28)27(14)13-15-5-4-10-26-12-15)19(16-6-8-17(30-2)9-7-16)21(22(25)32-18)24(29)31-3/h4-12,19H,13,25H2,1-3H3/t19-/m0/s1. The second kappa shape index (κ2) is 8.58. The number of aromatic nitrogens is 2. The highest BCUT2D eigenvalue weighted by Gasteiger charge is 2.38. The Morgan fingerprint density at radius 1 is 1.22 bits per heavy atom. The lowest BCUT2D eigenvalue weighted by molar-refractivity contribution is -0.136. The predicted molar refractivity (Wildman–Crippen MR) is 117 cm³/mol. The average Bonchev–Trinajstić information content (AvgIpc) is 2.81. The van der Waals surface area contributed by atoms with Gasteiger partial charge in [0.15, 0.2) is 0 Å². The Morgan fingerprint density at radius 3 is 2.59 bits per heavy atom. The summed E-state index contributed by atoms with van der Waals surface area (Å²) >= 11 is 0. The molecule has 1 aliphatic heterocycles. The van der Waals surface area contributed by atoms with E-state index in [4.69, 9.17) is 19.9 Å². The highest BCUT2D eigenvalue weighted by atomic mass is 16.5. The van der Waals surface area contributed by atoms with Crippen molar-refractivity contribution < 1.29 is 19.0 Å². The number of rotatable bonds is 5. The van der Waals surface area contributed by atoms with Crippen LogP contribution in [-0.2, 0) is 16.1 Å². The molecule has 8 nitrogen and oxygen atoms in total. The molecule has 1 atom stereocenters. The van der Waals surface area contributed by atoms with Gasteiger partial charge in [-0.15, -0.1) is 0 Å². The van der Waals surface area contributed by atoms with Crippen LogP contribution < -0.4 is 20.8 Å². The largest absolute Gasteiger partial charge is 0.497 e. The Balaban J connectivity index is 1.93. The molecule has 0 unspecified atom stereocenters. The minimum absolute atomic E-state index is 0.0825. The lowest BCUT2D eigenvalue weighted by atomic mass is 9.83. The molecule has 8 heteroatoms. The molecular formula is C24H23N3O5. The van der Waals surface area contributed by atoms with Gasteiger partial charge >= 0.3 is 5.97 Å². The van der Waals surface area contributed by atoms with Crippen LogP contribution in [0.25, 0.3) is 0 Å². The number of pyridine rings is 2. The molecule has 32 heavy (non-hydrogen) atoms. The van der Waals surface area contributed by atoms with Gasteiger partial charge in [0.1, 0.15) is 17.1 Å². The van der Waals surface area contributed by atoms with Crippen molar-refractivity contribution in [3.63, 3.8) is 0 Å². The molecule has 0 radical (unpaired) electrons. The number of methoxy groups -OCH3 is 2. The number of ether oxygens (including phenoxy) is 3. The van der Waals surface area contributed by atoms with E-state index in [-0.39, 0.29) is 17.0 Å². The Kier molecular flexibility index (Phi) is 5.68. The minimum Gasteiger partial charge on any atom is -0.497 e. The van der Waals surface area contributed by atoms with E-state index in [2.05, 4.69) is 4.98 Å². The number of nitrogens with zero attached hydrogens (tertiary/aromatic N) is 2. The normalized spacial score (nSPS) is 15.0. The Labute approximate surface area is 184 Å². The smallest absolute Gasteiger partial charge is 0.340 e. The van der Waals surface area contributed by atoms with Crippen molar-refractivity contribution in [3.05, 3.63) is 99.1 Å². The SMILES string of the molecule is COC(=O)C1=C(N)Oc2cc(C)n(Cc3cccnc3)c(=O)c2[C@@H]1c1ccc(OC)cc1. The van der Waals surface area contributed by atoms with E-state index in [0.29, 0.717) is 34.9 Å². The van der Waals surface area contributed by atoms with Crippen LogP contribution in [0.3, 0.4) is 0 Å². The molecule has 0 saturated heterocycles. The van der Waals surface area contributed by atoms with Gasteiger partial charge in [-0.3, -0.25) is 9.78 Å². The second-order valence-electron chi connectivity index (χ2n) is 7.39. The van der Waals surface area contributed by atoms with Crippen LogP contribution in [0, 0.1) is 6.92 Å². The van der Waals surface area contributed by atoms with Crippen LogP contribution >= 0.6 is 0 Å². The van der Waals surface area contributed by atoms with Gasteiger partial charge in [-0.25, -0.2) is 4.79 Å². The van der Waals surface area contributed by atoms with E-state index < -0.39 is 11.9 Å². The Hall–Kier alpha value is -4.07. The summed E-state index contributed by atoms with van der Waals surface area (Å²) in [6.07, 6.45) is 3.39. The van der Waals surface area contributed by atoms with Crippen molar-refractivity contribution in [1.82, 2.24) is 9.55 Å². The van der Waals surface area contributed by atoms with E-state index >= 15 is 0 Å². The van der Waals surface area contributed by atoms with Crippen molar-refractivity contribution in [1.29, 1.82) is 0 Å². The molecule has 0 bridgehead atoms. The van der Waals surface area contributed by atoms with E-state index in [1.165, 1.54) is 7.11 Å². The first kappa shape index (κ1) is 21.2. The number of carbonyl (C=O) groups excluding carboxylic acids is 1. The first-order valence-electron chi connectivity index (χ1n) is 9.97. The number of fused-ring (bicyclic) bond motifs is 1. The zero-order chi connectivity index (χ0) is 22.8. The van der Waals surface area contributed by atoms with E-state index in [1.807, 2.05) is 19.1 Å². The molecule has 0 fully saturated rings.